The molecule has 1 fully saturated rings. The first-order chi connectivity index (χ1) is 20.1. The third-order valence-corrected chi connectivity index (χ3v) is 8.41. The average molecular weight is 631 g/mol. The molecule has 1 unspecified atom stereocenters. The molecule has 0 aliphatic carbocycles. The topological polar surface area (TPSA) is 106 Å². The minimum Gasteiger partial charge on any atom is -0.379 e. The predicted octanol–water partition coefficient (Wildman–Crippen LogP) is 4.89. The normalized spacial score (nSPS) is 14.5. The Morgan fingerprint density at radius 1 is 1.07 bits per heavy atom. The minimum atomic E-state index is -3.45. The lowest BCUT2D eigenvalue weighted by Gasteiger charge is -2.36. The van der Waals surface area contributed by atoms with Gasteiger partial charge in [-0.3, -0.25) is 14.4 Å². The van der Waals surface area contributed by atoms with Gasteiger partial charge in [0.2, 0.25) is 15.9 Å². The number of halogens is 2. The fourth-order valence-electron chi connectivity index (χ4n) is 4.84. The summed E-state index contributed by atoms with van der Waals surface area (Å²) in [6.07, 6.45) is 1.12. The molecule has 0 saturated carbocycles. The molecular weight excluding hydrogens is 597 g/mol. The third kappa shape index (κ3) is 8.37. The number of hydrogen-bond acceptors (Lipinski definition) is 7. The van der Waals surface area contributed by atoms with E-state index in [-0.39, 0.29) is 25.0 Å². The molecule has 0 aromatic heterocycles. The highest BCUT2D eigenvalue weighted by atomic mass is 35.5. The standard InChI is InChI=1S/C30H33Cl2N5O4S/c1-35(30(38)21-37(14-13-33)24-11-12-26(31)27(32)19-24)29(20-36-15-17-41-18-16-36)23-9-7-22(8-10-23)25-5-3-4-6-28(25)34-42(2,39)40/h3-12,19,29,34H,14-18,20-21H2,1-2H3. The summed E-state index contributed by atoms with van der Waals surface area (Å²) in [5.74, 6) is -0.165. The molecule has 9 nitrogen and oxygen atoms in total. The van der Waals surface area contributed by atoms with E-state index in [1.807, 2.05) is 36.4 Å². The third-order valence-electron chi connectivity index (χ3n) is 7.08. The minimum absolute atomic E-state index is 0.00128. The summed E-state index contributed by atoms with van der Waals surface area (Å²) in [4.78, 5) is 19.3. The average Bonchev–Trinajstić information content (AvgIpc) is 2.97. The van der Waals surface area contributed by atoms with Gasteiger partial charge in [-0.2, -0.15) is 5.26 Å². The van der Waals surface area contributed by atoms with Gasteiger partial charge >= 0.3 is 0 Å². The van der Waals surface area contributed by atoms with Crippen molar-refractivity contribution < 1.29 is 17.9 Å². The van der Waals surface area contributed by atoms with E-state index < -0.39 is 10.0 Å². The van der Waals surface area contributed by atoms with Gasteiger partial charge in [0.25, 0.3) is 0 Å². The predicted molar refractivity (Wildman–Crippen MR) is 167 cm³/mol. The summed E-state index contributed by atoms with van der Waals surface area (Å²) in [6, 6.07) is 21.9. The van der Waals surface area contributed by atoms with E-state index in [0.717, 1.165) is 36.0 Å². The molecule has 1 aliphatic rings. The van der Waals surface area contributed by atoms with Crippen molar-refractivity contribution in [2.75, 3.05) is 68.9 Å². The van der Waals surface area contributed by atoms with Crippen LogP contribution in [0.3, 0.4) is 0 Å². The molecular formula is C30H33Cl2N5O4S. The number of anilines is 2. The number of sulfonamides is 1. The van der Waals surface area contributed by atoms with Gasteiger partial charge in [0.15, 0.2) is 0 Å². The molecule has 222 valence electrons. The summed E-state index contributed by atoms with van der Waals surface area (Å²) in [6.45, 7) is 3.34. The molecule has 1 amide bonds. The van der Waals surface area contributed by atoms with Gasteiger partial charge in [-0.1, -0.05) is 65.7 Å². The van der Waals surface area contributed by atoms with Crippen LogP contribution in [0.5, 0.6) is 0 Å². The van der Waals surface area contributed by atoms with E-state index in [1.165, 1.54) is 0 Å². The summed E-state index contributed by atoms with van der Waals surface area (Å²) >= 11 is 12.3. The molecule has 4 rings (SSSR count). The maximum absolute atomic E-state index is 13.7. The number of rotatable bonds is 11. The van der Waals surface area contributed by atoms with Crippen LogP contribution in [0.1, 0.15) is 11.6 Å². The molecule has 0 spiro atoms. The van der Waals surface area contributed by atoms with Crippen LogP contribution in [0, 0.1) is 11.3 Å². The van der Waals surface area contributed by atoms with Crippen molar-refractivity contribution in [3.05, 3.63) is 82.3 Å². The van der Waals surface area contributed by atoms with Crippen molar-refractivity contribution in [2.45, 2.75) is 6.04 Å². The van der Waals surface area contributed by atoms with Gasteiger partial charge in [0, 0.05) is 37.9 Å². The largest absolute Gasteiger partial charge is 0.379 e. The Labute approximate surface area is 257 Å². The molecule has 1 aliphatic heterocycles. The van der Waals surface area contributed by atoms with Crippen LogP contribution >= 0.6 is 23.2 Å². The molecule has 12 heteroatoms. The van der Waals surface area contributed by atoms with Crippen molar-refractivity contribution >= 4 is 50.5 Å². The van der Waals surface area contributed by atoms with Crippen molar-refractivity contribution in [1.82, 2.24) is 9.80 Å². The second kappa shape index (κ2) is 14.2. The van der Waals surface area contributed by atoms with Crippen molar-refractivity contribution in [3.63, 3.8) is 0 Å². The van der Waals surface area contributed by atoms with Gasteiger partial charge in [-0.15, -0.1) is 0 Å². The molecule has 1 atom stereocenters. The number of hydrogen-bond donors (Lipinski definition) is 1. The van der Waals surface area contributed by atoms with Gasteiger partial charge in [0.05, 0.1) is 53.9 Å². The summed E-state index contributed by atoms with van der Waals surface area (Å²) < 4.78 is 31.9. The zero-order chi connectivity index (χ0) is 30.3. The Morgan fingerprint density at radius 3 is 2.40 bits per heavy atom. The Morgan fingerprint density at radius 2 is 1.76 bits per heavy atom. The zero-order valence-corrected chi connectivity index (χ0v) is 25.8. The molecule has 3 aromatic carbocycles. The SMILES string of the molecule is CN(C(=O)CN(CC#N)c1ccc(Cl)c(Cl)c1)C(CN1CCOCC1)c1ccc(-c2ccccc2NS(C)(=O)=O)cc1. The first-order valence-corrected chi connectivity index (χ1v) is 16.0. The molecule has 0 bridgehead atoms. The number of para-hydroxylation sites is 1. The molecule has 1 saturated heterocycles. The van der Waals surface area contributed by atoms with E-state index in [0.29, 0.717) is 41.2 Å². The highest BCUT2D eigenvalue weighted by Gasteiger charge is 2.27. The zero-order valence-electron chi connectivity index (χ0n) is 23.5. The van der Waals surface area contributed by atoms with Crippen LogP contribution in [0.4, 0.5) is 11.4 Å². The van der Waals surface area contributed by atoms with E-state index >= 15 is 0 Å². The van der Waals surface area contributed by atoms with Crippen molar-refractivity contribution in [2.24, 2.45) is 0 Å². The van der Waals surface area contributed by atoms with Gasteiger partial charge < -0.3 is 14.5 Å². The number of likely N-dealkylation sites (N-methyl/N-ethyl adjacent to an activating group) is 1. The van der Waals surface area contributed by atoms with Crippen molar-refractivity contribution in [1.29, 1.82) is 5.26 Å². The van der Waals surface area contributed by atoms with Gasteiger partial charge in [0.1, 0.15) is 6.54 Å². The number of nitriles is 1. The first kappa shape index (κ1) is 31.6. The van der Waals surface area contributed by atoms with E-state index in [2.05, 4.69) is 15.7 Å². The maximum atomic E-state index is 13.7. The molecule has 1 heterocycles. The van der Waals surface area contributed by atoms with Crippen LogP contribution in [0.25, 0.3) is 11.1 Å². The quantitative estimate of drug-likeness (QED) is 0.301. The van der Waals surface area contributed by atoms with Gasteiger partial charge in [-0.05, 0) is 35.4 Å². The summed E-state index contributed by atoms with van der Waals surface area (Å²) in [7, 11) is -1.68. The van der Waals surface area contributed by atoms with Gasteiger partial charge in [-0.25, -0.2) is 8.42 Å². The van der Waals surface area contributed by atoms with E-state index in [4.69, 9.17) is 27.9 Å². The lowest BCUT2D eigenvalue weighted by Crippen LogP contribution is -2.46. The summed E-state index contributed by atoms with van der Waals surface area (Å²) in [5.41, 5.74) is 3.63. The number of nitrogens with one attached hydrogen (secondary N) is 1. The lowest BCUT2D eigenvalue weighted by molar-refractivity contribution is -0.131. The molecule has 0 radical (unpaired) electrons. The lowest BCUT2D eigenvalue weighted by atomic mass is 9.98. The van der Waals surface area contributed by atoms with E-state index in [1.54, 1.807) is 47.2 Å². The number of carbonyl (C=O) groups is 1. The fraction of sp³-hybridized carbons (Fsp3) is 0.333. The number of nitrogens with zero attached hydrogens (tertiary/aromatic N) is 4. The van der Waals surface area contributed by atoms with Crippen LogP contribution in [0.2, 0.25) is 10.0 Å². The smallest absolute Gasteiger partial charge is 0.242 e. The maximum Gasteiger partial charge on any atom is 0.242 e. The van der Waals surface area contributed by atoms with Crippen LogP contribution < -0.4 is 9.62 Å². The number of ether oxygens (including phenoxy) is 1. The highest BCUT2D eigenvalue weighted by Crippen LogP contribution is 2.31. The summed E-state index contributed by atoms with van der Waals surface area (Å²) in [5, 5.41) is 10.2. The molecule has 42 heavy (non-hydrogen) atoms. The van der Waals surface area contributed by atoms with Crippen molar-refractivity contribution in [3.8, 4) is 17.2 Å². The second-order valence-corrected chi connectivity index (χ2v) is 12.7. The number of morpholine rings is 1. The number of carbonyl (C=O) groups excluding carboxylic acids is 1. The molecule has 1 N–H and O–H groups in total. The molecule has 3 aromatic rings. The van der Waals surface area contributed by atoms with Crippen LogP contribution in [-0.4, -0.2) is 83.4 Å². The van der Waals surface area contributed by atoms with E-state index in [9.17, 15) is 18.5 Å². The van der Waals surface area contributed by atoms with Crippen LogP contribution in [-0.2, 0) is 19.6 Å². The number of benzene rings is 3. The van der Waals surface area contributed by atoms with Crippen LogP contribution in [0.15, 0.2) is 66.7 Å². The Kier molecular flexibility index (Phi) is 10.7. The number of amides is 1. The first-order valence-electron chi connectivity index (χ1n) is 13.4. The Bertz CT molecular complexity index is 1540. The fourth-order valence-corrected chi connectivity index (χ4v) is 5.71. The second-order valence-electron chi connectivity index (χ2n) is 10.1. The Balaban J connectivity index is 1.60. The highest BCUT2D eigenvalue weighted by molar-refractivity contribution is 7.92. The monoisotopic (exact) mass is 629 g/mol. The Hall–Kier alpha value is -3.33.